The molecule has 3 rings (SSSR count). The molecule has 1 amide bonds. The Kier molecular flexibility index (Phi) is 5.24. The van der Waals surface area contributed by atoms with Crippen LogP contribution >= 0.6 is 0 Å². The van der Waals surface area contributed by atoms with E-state index in [2.05, 4.69) is 10.3 Å². The maximum Gasteiger partial charge on any atom is 0.417 e. The topological polar surface area (TPSA) is 83.7 Å². The van der Waals surface area contributed by atoms with Crippen LogP contribution in [0.25, 0.3) is 0 Å². The summed E-state index contributed by atoms with van der Waals surface area (Å²) in [5.74, 6) is 0.450. The van der Waals surface area contributed by atoms with Gasteiger partial charge >= 0.3 is 6.18 Å². The van der Waals surface area contributed by atoms with Crippen molar-refractivity contribution < 1.29 is 22.7 Å². The molecule has 0 radical (unpaired) electrons. The van der Waals surface area contributed by atoms with Gasteiger partial charge in [-0.05, 0) is 13.0 Å². The molecule has 0 bridgehead atoms. The summed E-state index contributed by atoms with van der Waals surface area (Å²) in [6.45, 7) is 3.90. The van der Waals surface area contributed by atoms with E-state index in [1.807, 2.05) is 11.8 Å². The number of amides is 1. The van der Waals surface area contributed by atoms with Crippen molar-refractivity contribution >= 4 is 17.4 Å². The van der Waals surface area contributed by atoms with E-state index in [1.165, 1.54) is 0 Å². The highest BCUT2D eigenvalue weighted by atomic mass is 19.4. The number of nitrogens with zero attached hydrogens (tertiary/aromatic N) is 3. The van der Waals surface area contributed by atoms with E-state index in [1.54, 1.807) is 4.90 Å². The minimum Gasteiger partial charge on any atom is -0.379 e. The molecular weight excluding hydrogens is 351 g/mol. The summed E-state index contributed by atoms with van der Waals surface area (Å²) in [5.41, 5.74) is 5.14. The summed E-state index contributed by atoms with van der Waals surface area (Å²) in [4.78, 5) is 19.8. The van der Waals surface area contributed by atoms with Crippen LogP contribution in [0.1, 0.15) is 18.9 Å². The van der Waals surface area contributed by atoms with Crippen molar-refractivity contribution in [2.45, 2.75) is 31.7 Å². The third-order valence-electron chi connectivity index (χ3n) is 4.36. The second-order valence-corrected chi connectivity index (χ2v) is 6.59. The molecule has 1 aromatic heterocycles. The Balaban J connectivity index is 1.58. The van der Waals surface area contributed by atoms with Crippen molar-refractivity contribution in [1.29, 1.82) is 0 Å². The highest BCUT2D eigenvalue weighted by Crippen LogP contribution is 2.38. The molecular formula is C16H22F3N5O2. The van der Waals surface area contributed by atoms with Gasteiger partial charge in [-0.15, -0.1) is 0 Å². The largest absolute Gasteiger partial charge is 0.417 e. The number of halogens is 3. The van der Waals surface area contributed by atoms with Crippen LogP contribution in [0.2, 0.25) is 0 Å². The van der Waals surface area contributed by atoms with Crippen LogP contribution in [0.4, 0.5) is 24.7 Å². The number of pyridine rings is 1. The molecule has 2 aliphatic heterocycles. The number of alkyl halides is 3. The zero-order chi connectivity index (χ0) is 18.9. The third-order valence-corrected chi connectivity index (χ3v) is 4.36. The predicted octanol–water partition coefficient (Wildman–Crippen LogP) is 1.25. The number of aromatic nitrogens is 1. The van der Waals surface area contributed by atoms with E-state index >= 15 is 0 Å². The number of anilines is 2. The number of nitrogens with two attached hydrogens (primary N) is 1. The Hall–Kier alpha value is -2.07. The zero-order valence-electron chi connectivity index (χ0n) is 14.4. The van der Waals surface area contributed by atoms with Crippen molar-refractivity contribution in [2.75, 3.05) is 43.1 Å². The van der Waals surface area contributed by atoms with Gasteiger partial charge in [-0.3, -0.25) is 4.79 Å². The Morgan fingerprint density at radius 2 is 2.27 bits per heavy atom. The van der Waals surface area contributed by atoms with Crippen LogP contribution in [0.15, 0.2) is 12.3 Å². The second-order valence-electron chi connectivity index (χ2n) is 6.59. The molecule has 0 aliphatic carbocycles. The SMILES string of the molecule is CC(N)COCCC(=O)N1CCN2c3ncc(C(F)(F)F)cc3NC2C1. The number of rotatable bonds is 5. The summed E-state index contributed by atoms with van der Waals surface area (Å²) < 4.78 is 43.8. The monoisotopic (exact) mass is 373 g/mol. The minimum atomic E-state index is -4.43. The van der Waals surface area contributed by atoms with E-state index in [-0.39, 0.29) is 24.5 Å². The molecule has 0 aromatic carbocycles. The summed E-state index contributed by atoms with van der Waals surface area (Å²) in [7, 11) is 0. The standard InChI is InChI=1S/C16H22F3N5O2/c1-10(20)9-26-5-2-14(25)23-3-4-24-13(8-23)22-12-6-11(16(17,18)19)7-21-15(12)24/h6-7,10,13,22H,2-5,8-9,20H2,1H3. The molecule has 3 N–H and O–H groups in total. The van der Waals surface area contributed by atoms with Gasteiger partial charge in [0.05, 0.1) is 37.4 Å². The van der Waals surface area contributed by atoms with Crippen LogP contribution in [-0.4, -0.2) is 60.8 Å². The average Bonchev–Trinajstić information content (AvgIpc) is 2.94. The number of nitrogens with one attached hydrogen (secondary N) is 1. The van der Waals surface area contributed by atoms with Gasteiger partial charge in [0, 0.05) is 25.3 Å². The van der Waals surface area contributed by atoms with E-state index in [9.17, 15) is 18.0 Å². The van der Waals surface area contributed by atoms with Gasteiger partial charge < -0.3 is 25.6 Å². The maximum atomic E-state index is 12.8. The van der Waals surface area contributed by atoms with Crippen LogP contribution < -0.4 is 16.0 Å². The van der Waals surface area contributed by atoms with Crippen LogP contribution in [0.5, 0.6) is 0 Å². The molecule has 7 nitrogen and oxygen atoms in total. The smallest absolute Gasteiger partial charge is 0.379 e. The Morgan fingerprint density at radius 3 is 2.96 bits per heavy atom. The average molecular weight is 373 g/mol. The van der Waals surface area contributed by atoms with Crippen molar-refractivity contribution in [3.05, 3.63) is 17.8 Å². The number of fused-ring (bicyclic) bond motifs is 3. The number of carbonyl (C=O) groups excluding carboxylic acids is 1. The molecule has 2 aliphatic rings. The van der Waals surface area contributed by atoms with Gasteiger partial charge in [-0.1, -0.05) is 0 Å². The number of hydrogen-bond acceptors (Lipinski definition) is 6. The number of carbonyl (C=O) groups is 1. The highest BCUT2D eigenvalue weighted by molar-refractivity contribution is 5.78. The molecule has 0 saturated carbocycles. The molecule has 1 saturated heterocycles. The van der Waals surface area contributed by atoms with E-state index in [0.29, 0.717) is 44.4 Å². The molecule has 2 atom stereocenters. The van der Waals surface area contributed by atoms with Gasteiger partial charge in [0.2, 0.25) is 5.91 Å². The quantitative estimate of drug-likeness (QED) is 0.756. The maximum absolute atomic E-state index is 12.8. The molecule has 1 aromatic rings. The highest BCUT2D eigenvalue weighted by Gasteiger charge is 2.38. The first-order valence-electron chi connectivity index (χ1n) is 8.47. The normalized spacial score (nSPS) is 20.4. The van der Waals surface area contributed by atoms with E-state index < -0.39 is 11.7 Å². The lowest BCUT2D eigenvalue weighted by atomic mass is 10.2. The first-order valence-corrected chi connectivity index (χ1v) is 8.47. The first kappa shape index (κ1) is 18.7. The lowest BCUT2D eigenvalue weighted by Crippen LogP contribution is -2.55. The summed E-state index contributed by atoms with van der Waals surface area (Å²) in [6.07, 6.45) is -3.61. The molecule has 144 valence electrons. The summed E-state index contributed by atoms with van der Waals surface area (Å²) >= 11 is 0. The van der Waals surface area contributed by atoms with E-state index in [0.717, 1.165) is 12.3 Å². The number of ether oxygens (including phenoxy) is 1. The molecule has 10 heteroatoms. The molecule has 1 fully saturated rings. The fraction of sp³-hybridized carbons (Fsp3) is 0.625. The number of piperazine rings is 1. The molecule has 26 heavy (non-hydrogen) atoms. The van der Waals surface area contributed by atoms with Gasteiger partial charge in [0.25, 0.3) is 0 Å². The fourth-order valence-electron chi connectivity index (χ4n) is 3.10. The Bertz CT molecular complexity index is 668. The van der Waals surface area contributed by atoms with Gasteiger partial charge in [-0.25, -0.2) is 4.98 Å². The van der Waals surface area contributed by atoms with Gasteiger partial charge in [0.15, 0.2) is 5.82 Å². The van der Waals surface area contributed by atoms with Gasteiger partial charge in [0.1, 0.15) is 6.17 Å². The number of hydrogen-bond donors (Lipinski definition) is 2. The minimum absolute atomic E-state index is 0.0454. The lowest BCUT2D eigenvalue weighted by molar-refractivity contribution is -0.137. The first-order chi connectivity index (χ1) is 12.3. The molecule has 2 unspecified atom stereocenters. The summed E-state index contributed by atoms with van der Waals surface area (Å²) in [6, 6.07) is 0.984. The van der Waals surface area contributed by atoms with Crippen LogP contribution in [0.3, 0.4) is 0 Å². The zero-order valence-corrected chi connectivity index (χ0v) is 14.4. The lowest BCUT2D eigenvalue weighted by Gasteiger charge is -2.38. The second kappa shape index (κ2) is 7.28. The van der Waals surface area contributed by atoms with E-state index in [4.69, 9.17) is 10.5 Å². The Labute approximate surface area is 149 Å². The molecule has 0 spiro atoms. The van der Waals surface area contributed by atoms with Crippen molar-refractivity contribution in [2.24, 2.45) is 5.73 Å². The Morgan fingerprint density at radius 1 is 1.50 bits per heavy atom. The van der Waals surface area contributed by atoms with Crippen molar-refractivity contribution in [3.8, 4) is 0 Å². The van der Waals surface area contributed by atoms with Crippen LogP contribution in [-0.2, 0) is 15.7 Å². The van der Waals surface area contributed by atoms with Crippen molar-refractivity contribution in [1.82, 2.24) is 9.88 Å². The predicted molar refractivity (Wildman–Crippen MR) is 89.7 cm³/mol. The van der Waals surface area contributed by atoms with Crippen LogP contribution in [0, 0.1) is 0 Å². The molecule has 3 heterocycles. The summed E-state index contributed by atoms with van der Waals surface area (Å²) in [5, 5.41) is 3.04. The van der Waals surface area contributed by atoms with Gasteiger partial charge in [-0.2, -0.15) is 13.2 Å². The fourth-order valence-corrected chi connectivity index (χ4v) is 3.10. The van der Waals surface area contributed by atoms with Crippen molar-refractivity contribution in [3.63, 3.8) is 0 Å². The third kappa shape index (κ3) is 4.01.